The van der Waals surface area contributed by atoms with Gasteiger partial charge in [-0.2, -0.15) is 0 Å². The van der Waals surface area contributed by atoms with Gasteiger partial charge in [0.2, 0.25) is 0 Å². The molecule has 1 aromatic carbocycles. The topological polar surface area (TPSA) is 41.1 Å². The van der Waals surface area contributed by atoms with Gasteiger partial charge in [-0.15, -0.1) is 0 Å². The average Bonchev–Trinajstić information content (AvgIpc) is 2.33. The maximum Gasteiger partial charge on any atom is 0.315 e. The summed E-state index contributed by atoms with van der Waals surface area (Å²) in [5, 5.41) is 4.58. The molecule has 0 radical (unpaired) electrons. The number of alkyl halides is 3. The first-order valence-corrected chi connectivity index (χ1v) is 5.97. The zero-order valence-electron chi connectivity index (χ0n) is 10.3. The number of carbonyl (C=O) groups is 1. The molecule has 0 atom stereocenters. The lowest BCUT2D eigenvalue weighted by Crippen LogP contribution is -2.36. The van der Waals surface area contributed by atoms with Crippen LogP contribution in [0.5, 0.6) is 0 Å². The lowest BCUT2D eigenvalue weighted by molar-refractivity contribution is 0.0175. The molecule has 0 aliphatic heterocycles. The number of carbonyl (C=O) groups excluding carboxylic acids is 1. The summed E-state index contributed by atoms with van der Waals surface area (Å²) < 4.78 is 38.3. The van der Waals surface area contributed by atoms with Crippen LogP contribution in [0.15, 0.2) is 18.2 Å². The SMILES string of the molecule is CC(F)(F)c1cccc(CNC(=O)NCCF)c1Cl. The summed E-state index contributed by atoms with van der Waals surface area (Å²) in [6.45, 7) is -0.0430. The second kappa shape index (κ2) is 6.65. The van der Waals surface area contributed by atoms with Crippen molar-refractivity contribution < 1.29 is 18.0 Å². The highest BCUT2D eigenvalue weighted by Gasteiger charge is 2.28. The first-order valence-electron chi connectivity index (χ1n) is 5.59. The van der Waals surface area contributed by atoms with Crippen molar-refractivity contribution in [3.8, 4) is 0 Å². The van der Waals surface area contributed by atoms with Crippen molar-refractivity contribution in [2.45, 2.75) is 19.4 Å². The van der Waals surface area contributed by atoms with Gasteiger partial charge < -0.3 is 10.6 Å². The number of amides is 2. The minimum Gasteiger partial charge on any atom is -0.336 e. The Bertz CT molecular complexity index is 449. The number of halogens is 4. The van der Waals surface area contributed by atoms with Crippen LogP contribution in [0.3, 0.4) is 0 Å². The van der Waals surface area contributed by atoms with Crippen molar-refractivity contribution in [3.63, 3.8) is 0 Å². The van der Waals surface area contributed by atoms with Crippen LogP contribution in [0.2, 0.25) is 5.02 Å². The van der Waals surface area contributed by atoms with E-state index in [0.717, 1.165) is 6.92 Å². The normalized spacial score (nSPS) is 11.2. The Morgan fingerprint density at radius 1 is 1.37 bits per heavy atom. The molecule has 7 heteroatoms. The third-order valence-corrected chi connectivity index (χ3v) is 2.82. The summed E-state index contributed by atoms with van der Waals surface area (Å²) in [5.41, 5.74) is 0.0775. The summed E-state index contributed by atoms with van der Waals surface area (Å²) in [6.07, 6.45) is 0. The highest BCUT2D eigenvalue weighted by Crippen LogP contribution is 2.34. The molecule has 106 valence electrons. The molecular formula is C12H14ClF3N2O. The molecule has 0 aliphatic carbocycles. The Labute approximate surface area is 114 Å². The lowest BCUT2D eigenvalue weighted by atomic mass is 10.1. The Hall–Kier alpha value is -1.43. The van der Waals surface area contributed by atoms with Crippen molar-refractivity contribution in [2.24, 2.45) is 0 Å². The molecule has 0 aliphatic rings. The first-order chi connectivity index (χ1) is 8.86. The maximum atomic E-state index is 13.2. The molecule has 0 aromatic heterocycles. The van der Waals surface area contributed by atoms with E-state index < -0.39 is 18.6 Å². The molecule has 0 fully saturated rings. The van der Waals surface area contributed by atoms with Crippen LogP contribution in [0.1, 0.15) is 18.1 Å². The van der Waals surface area contributed by atoms with Crippen molar-refractivity contribution in [2.75, 3.05) is 13.2 Å². The Kier molecular flexibility index (Phi) is 5.47. The molecule has 0 bridgehead atoms. The van der Waals surface area contributed by atoms with E-state index in [1.54, 1.807) is 0 Å². The van der Waals surface area contributed by atoms with Gasteiger partial charge in [0.1, 0.15) is 6.67 Å². The standard InChI is InChI=1S/C12H14ClF3N2O/c1-12(15,16)9-4-2-3-8(10(9)13)7-18-11(19)17-6-5-14/h2-4H,5-7H2,1H3,(H2,17,18,19). The van der Waals surface area contributed by atoms with Gasteiger partial charge in [0, 0.05) is 25.6 Å². The average molecular weight is 295 g/mol. The monoisotopic (exact) mass is 294 g/mol. The highest BCUT2D eigenvalue weighted by molar-refractivity contribution is 6.32. The zero-order valence-corrected chi connectivity index (χ0v) is 11.0. The van der Waals surface area contributed by atoms with Crippen molar-refractivity contribution >= 4 is 17.6 Å². The van der Waals surface area contributed by atoms with Crippen molar-refractivity contribution in [3.05, 3.63) is 34.3 Å². The molecule has 0 spiro atoms. The molecule has 0 saturated heterocycles. The van der Waals surface area contributed by atoms with Crippen molar-refractivity contribution in [1.82, 2.24) is 10.6 Å². The Morgan fingerprint density at radius 3 is 2.63 bits per heavy atom. The lowest BCUT2D eigenvalue weighted by Gasteiger charge is -2.15. The molecular weight excluding hydrogens is 281 g/mol. The van der Waals surface area contributed by atoms with Crippen LogP contribution in [0, 0.1) is 0 Å². The van der Waals surface area contributed by atoms with Gasteiger partial charge in [-0.1, -0.05) is 29.8 Å². The highest BCUT2D eigenvalue weighted by atomic mass is 35.5. The second-order valence-corrected chi connectivity index (χ2v) is 4.34. The number of nitrogens with one attached hydrogen (secondary N) is 2. The molecule has 3 nitrogen and oxygen atoms in total. The Morgan fingerprint density at radius 2 is 2.05 bits per heavy atom. The van der Waals surface area contributed by atoms with Crippen LogP contribution in [-0.2, 0) is 12.5 Å². The van der Waals surface area contributed by atoms with E-state index in [-0.39, 0.29) is 23.7 Å². The fraction of sp³-hybridized carbons (Fsp3) is 0.417. The third kappa shape index (κ3) is 4.63. The third-order valence-electron chi connectivity index (χ3n) is 2.37. The number of rotatable bonds is 5. The van der Waals surface area contributed by atoms with Crippen LogP contribution >= 0.6 is 11.6 Å². The number of urea groups is 1. The number of benzene rings is 1. The van der Waals surface area contributed by atoms with Gasteiger partial charge in [-0.25, -0.2) is 18.0 Å². The van der Waals surface area contributed by atoms with Crippen LogP contribution in [0.25, 0.3) is 0 Å². The van der Waals surface area contributed by atoms with E-state index in [4.69, 9.17) is 11.6 Å². The van der Waals surface area contributed by atoms with E-state index in [2.05, 4.69) is 10.6 Å². The predicted molar refractivity (Wildman–Crippen MR) is 67.2 cm³/mol. The summed E-state index contributed by atoms with van der Waals surface area (Å²) in [4.78, 5) is 11.2. The second-order valence-electron chi connectivity index (χ2n) is 3.97. The Balaban J connectivity index is 2.72. The van der Waals surface area contributed by atoms with E-state index in [0.29, 0.717) is 5.56 Å². The van der Waals surface area contributed by atoms with Gasteiger partial charge in [-0.3, -0.25) is 0 Å². The van der Waals surface area contributed by atoms with Crippen molar-refractivity contribution in [1.29, 1.82) is 0 Å². The van der Waals surface area contributed by atoms with Gasteiger partial charge in [-0.05, 0) is 5.56 Å². The largest absolute Gasteiger partial charge is 0.336 e. The first kappa shape index (κ1) is 15.6. The number of hydrogen-bond acceptors (Lipinski definition) is 1. The molecule has 0 saturated carbocycles. The summed E-state index contributed by atoms with van der Waals surface area (Å²) in [5.74, 6) is -3.05. The molecule has 2 amide bonds. The minimum atomic E-state index is -3.05. The van der Waals surface area contributed by atoms with E-state index in [1.165, 1.54) is 18.2 Å². The van der Waals surface area contributed by atoms with E-state index in [9.17, 15) is 18.0 Å². The fourth-order valence-electron chi connectivity index (χ4n) is 1.45. The maximum absolute atomic E-state index is 13.2. The molecule has 2 N–H and O–H groups in total. The summed E-state index contributed by atoms with van der Waals surface area (Å²) in [6, 6.07) is 3.62. The molecule has 1 rings (SSSR count). The zero-order chi connectivity index (χ0) is 14.5. The predicted octanol–water partition coefficient (Wildman–Crippen LogP) is 3.22. The summed E-state index contributed by atoms with van der Waals surface area (Å²) >= 11 is 5.87. The quantitative estimate of drug-likeness (QED) is 0.860. The number of hydrogen-bond donors (Lipinski definition) is 2. The van der Waals surface area contributed by atoms with Gasteiger partial charge in [0.05, 0.1) is 5.02 Å². The van der Waals surface area contributed by atoms with Gasteiger partial charge in [0.15, 0.2) is 0 Å². The van der Waals surface area contributed by atoms with Gasteiger partial charge >= 0.3 is 6.03 Å². The van der Waals surface area contributed by atoms with Crippen LogP contribution < -0.4 is 10.6 Å². The van der Waals surface area contributed by atoms with E-state index in [1.807, 2.05) is 0 Å². The minimum absolute atomic E-state index is 0.0130. The summed E-state index contributed by atoms with van der Waals surface area (Å²) in [7, 11) is 0. The molecule has 1 aromatic rings. The smallest absolute Gasteiger partial charge is 0.315 e. The molecule has 19 heavy (non-hydrogen) atoms. The fourth-order valence-corrected chi connectivity index (χ4v) is 1.81. The van der Waals surface area contributed by atoms with Crippen LogP contribution in [-0.4, -0.2) is 19.3 Å². The van der Waals surface area contributed by atoms with E-state index >= 15 is 0 Å². The van der Waals surface area contributed by atoms with Crippen LogP contribution in [0.4, 0.5) is 18.0 Å². The molecule has 0 heterocycles. The molecule has 0 unspecified atom stereocenters. The van der Waals surface area contributed by atoms with Gasteiger partial charge in [0.25, 0.3) is 5.92 Å².